The number of carbonyl (C=O) groups excluding carboxylic acids is 2. The van der Waals surface area contributed by atoms with Gasteiger partial charge in [0, 0.05) is 25.2 Å². The van der Waals surface area contributed by atoms with Crippen LogP contribution in [0.2, 0.25) is 0 Å². The first-order chi connectivity index (χ1) is 19.3. The van der Waals surface area contributed by atoms with E-state index in [0.29, 0.717) is 24.5 Å². The molecule has 1 aromatic heterocycles. The lowest BCUT2D eigenvalue weighted by Crippen LogP contribution is -2.42. The van der Waals surface area contributed by atoms with Crippen LogP contribution in [0.4, 0.5) is 29.6 Å². The number of nitrogens with zero attached hydrogens (tertiary/aromatic N) is 4. The molecule has 0 aliphatic carbocycles. The molecular formula is C28H37F3N4O6. The fourth-order valence-corrected chi connectivity index (χ4v) is 4.42. The Hall–Kier alpha value is -3.77. The molecule has 0 bridgehead atoms. The number of methoxy groups -OCH3 is 1. The van der Waals surface area contributed by atoms with Crippen molar-refractivity contribution in [3.05, 3.63) is 35.9 Å². The van der Waals surface area contributed by atoms with Crippen molar-refractivity contribution < 1.29 is 41.7 Å². The molecule has 0 spiro atoms. The minimum atomic E-state index is -4.79. The summed E-state index contributed by atoms with van der Waals surface area (Å²) in [6.45, 7) is 8.00. The first-order valence-electron chi connectivity index (χ1n) is 13.5. The van der Waals surface area contributed by atoms with Gasteiger partial charge in [-0.3, -0.25) is 9.69 Å². The third-order valence-corrected chi connectivity index (χ3v) is 6.16. The van der Waals surface area contributed by atoms with Gasteiger partial charge in [0.1, 0.15) is 23.0 Å². The van der Waals surface area contributed by atoms with E-state index in [0.717, 1.165) is 19.3 Å². The topological polar surface area (TPSA) is 103 Å². The van der Waals surface area contributed by atoms with Crippen LogP contribution in [0.15, 0.2) is 30.3 Å². The maximum absolute atomic E-state index is 13.3. The number of hydrogen-bond donors (Lipinski definition) is 0. The summed E-state index contributed by atoms with van der Waals surface area (Å²) in [6.07, 6.45) is -2.37. The van der Waals surface area contributed by atoms with Crippen molar-refractivity contribution >= 4 is 23.7 Å². The molecule has 41 heavy (non-hydrogen) atoms. The van der Waals surface area contributed by atoms with Gasteiger partial charge in [0.25, 0.3) is 0 Å². The monoisotopic (exact) mass is 582 g/mol. The Morgan fingerprint density at radius 1 is 1.10 bits per heavy atom. The van der Waals surface area contributed by atoms with Crippen LogP contribution in [-0.4, -0.2) is 66.8 Å². The van der Waals surface area contributed by atoms with E-state index in [9.17, 15) is 22.8 Å². The predicted octanol–water partition coefficient (Wildman–Crippen LogP) is 5.68. The molecular weight excluding hydrogens is 545 g/mol. The van der Waals surface area contributed by atoms with Crippen molar-refractivity contribution in [3.63, 3.8) is 0 Å². The van der Waals surface area contributed by atoms with Gasteiger partial charge in [0.05, 0.1) is 20.1 Å². The fraction of sp³-hybridized carbons (Fsp3) is 0.571. The van der Waals surface area contributed by atoms with E-state index in [-0.39, 0.29) is 49.0 Å². The normalized spacial score (nSPS) is 15.7. The molecule has 0 radical (unpaired) electrons. The van der Waals surface area contributed by atoms with Gasteiger partial charge in [-0.25, -0.2) is 4.79 Å². The van der Waals surface area contributed by atoms with Crippen LogP contribution in [-0.2, 0) is 20.7 Å². The van der Waals surface area contributed by atoms with Crippen LogP contribution in [0.5, 0.6) is 11.8 Å². The number of halogens is 3. The highest BCUT2D eigenvalue weighted by atomic mass is 19.4. The molecule has 1 aliphatic heterocycles. The van der Waals surface area contributed by atoms with Crippen molar-refractivity contribution in [2.45, 2.75) is 77.8 Å². The summed E-state index contributed by atoms with van der Waals surface area (Å²) in [6, 6.07) is 6.94. The molecule has 10 nitrogen and oxygen atoms in total. The Balaban J connectivity index is 1.91. The van der Waals surface area contributed by atoms with Gasteiger partial charge in [-0.1, -0.05) is 12.1 Å². The van der Waals surface area contributed by atoms with Gasteiger partial charge < -0.3 is 23.8 Å². The lowest BCUT2D eigenvalue weighted by Gasteiger charge is -2.36. The SMILES string of the molecule is CCOC(=O)CC1CCCCN1c1cc(N(CCc2ccc(OC(F)(F)F)cc2)C(=O)OC(C)(C)C)nc(OC)n1. The molecule has 3 rings (SSSR count). The number of anilines is 2. The van der Waals surface area contributed by atoms with E-state index >= 15 is 0 Å². The van der Waals surface area contributed by atoms with Crippen molar-refractivity contribution in [1.82, 2.24) is 9.97 Å². The lowest BCUT2D eigenvalue weighted by atomic mass is 9.99. The van der Waals surface area contributed by atoms with Gasteiger partial charge in [0.15, 0.2) is 0 Å². The zero-order valence-electron chi connectivity index (χ0n) is 24.0. The Morgan fingerprint density at radius 2 is 1.80 bits per heavy atom. The number of hydrogen-bond acceptors (Lipinski definition) is 9. The average Bonchev–Trinajstić information content (AvgIpc) is 2.88. The summed E-state index contributed by atoms with van der Waals surface area (Å²) in [5.74, 6) is 0.0728. The highest BCUT2D eigenvalue weighted by Crippen LogP contribution is 2.30. The van der Waals surface area contributed by atoms with E-state index in [1.165, 1.54) is 36.3 Å². The smallest absolute Gasteiger partial charge is 0.467 e. The minimum Gasteiger partial charge on any atom is -0.467 e. The van der Waals surface area contributed by atoms with E-state index in [1.54, 1.807) is 33.8 Å². The second-order valence-corrected chi connectivity index (χ2v) is 10.5. The third kappa shape index (κ3) is 9.98. The van der Waals surface area contributed by atoms with Crippen LogP contribution >= 0.6 is 0 Å². The summed E-state index contributed by atoms with van der Waals surface area (Å²) in [5.41, 5.74) is -0.136. The fourth-order valence-electron chi connectivity index (χ4n) is 4.42. The van der Waals surface area contributed by atoms with Crippen molar-refractivity contribution in [2.24, 2.45) is 0 Å². The van der Waals surface area contributed by atoms with E-state index in [4.69, 9.17) is 14.2 Å². The predicted molar refractivity (Wildman–Crippen MR) is 145 cm³/mol. The first kappa shape index (κ1) is 31.8. The van der Waals surface area contributed by atoms with E-state index < -0.39 is 18.1 Å². The molecule has 13 heteroatoms. The minimum absolute atomic E-state index is 0.0279. The maximum atomic E-state index is 13.3. The number of aromatic nitrogens is 2. The van der Waals surface area contributed by atoms with Gasteiger partial charge in [-0.2, -0.15) is 9.97 Å². The molecule has 2 aromatic rings. The summed E-state index contributed by atoms with van der Waals surface area (Å²) < 4.78 is 57.7. The van der Waals surface area contributed by atoms with Crippen molar-refractivity contribution in [3.8, 4) is 11.8 Å². The standard InChI is InChI=1S/C28H37F3N4O6/c1-6-39-24(36)17-20-9-7-8-15-34(20)22-18-23(33-25(32-22)38-5)35(26(37)41-27(2,3)4)16-14-19-10-12-21(13-11-19)40-28(29,30)31/h10-13,18,20H,6-9,14-17H2,1-5H3. The number of alkyl halides is 3. The van der Waals surface area contributed by atoms with E-state index in [1.807, 2.05) is 4.90 Å². The molecule has 1 saturated heterocycles. The number of benzene rings is 1. The quantitative estimate of drug-likeness (QED) is 0.327. The van der Waals surface area contributed by atoms with Crippen LogP contribution < -0.4 is 19.3 Å². The average molecular weight is 583 g/mol. The summed E-state index contributed by atoms with van der Waals surface area (Å²) in [7, 11) is 1.41. The van der Waals surface area contributed by atoms with Gasteiger partial charge >= 0.3 is 24.4 Å². The lowest BCUT2D eigenvalue weighted by molar-refractivity contribution is -0.274. The second-order valence-electron chi connectivity index (χ2n) is 10.5. The Bertz CT molecular complexity index is 1170. The van der Waals surface area contributed by atoms with Gasteiger partial charge in [-0.15, -0.1) is 13.2 Å². The number of esters is 1. The number of amides is 1. The molecule has 1 atom stereocenters. The molecule has 0 saturated carbocycles. The molecule has 1 fully saturated rings. The second kappa shape index (κ2) is 13.7. The number of piperidine rings is 1. The zero-order valence-corrected chi connectivity index (χ0v) is 24.0. The molecule has 226 valence electrons. The number of carbonyl (C=O) groups is 2. The highest BCUT2D eigenvalue weighted by molar-refractivity contribution is 5.87. The van der Waals surface area contributed by atoms with E-state index in [2.05, 4.69) is 14.7 Å². The van der Waals surface area contributed by atoms with Crippen LogP contribution in [0.1, 0.15) is 58.9 Å². The Morgan fingerprint density at radius 3 is 2.41 bits per heavy atom. The number of rotatable bonds is 10. The first-order valence-corrected chi connectivity index (χ1v) is 13.5. The summed E-state index contributed by atoms with van der Waals surface area (Å²) >= 11 is 0. The molecule has 0 N–H and O–H groups in total. The molecule has 1 aliphatic rings. The zero-order chi connectivity index (χ0) is 30.2. The largest absolute Gasteiger partial charge is 0.573 e. The summed E-state index contributed by atoms with van der Waals surface area (Å²) in [5, 5.41) is 0. The van der Waals surface area contributed by atoms with Crippen molar-refractivity contribution in [2.75, 3.05) is 36.6 Å². The summed E-state index contributed by atoms with van der Waals surface area (Å²) in [4.78, 5) is 37.9. The third-order valence-electron chi connectivity index (χ3n) is 6.16. The molecule has 1 aromatic carbocycles. The van der Waals surface area contributed by atoms with Crippen LogP contribution in [0.25, 0.3) is 0 Å². The highest BCUT2D eigenvalue weighted by Gasteiger charge is 2.32. The molecule has 1 unspecified atom stereocenters. The van der Waals surface area contributed by atoms with Gasteiger partial charge in [0.2, 0.25) is 0 Å². The maximum Gasteiger partial charge on any atom is 0.573 e. The van der Waals surface area contributed by atoms with Gasteiger partial charge in [-0.05, 0) is 71.1 Å². The number of ether oxygens (including phenoxy) is 4. The Kier molecular flexibility index (Phi) is 10.6. The van der Waals surface area contributed by atoms with Crippen LogP contribution in [0, 0.1) is 0 Å². The van der Waals surface area contributed by atoms with Crippen molar-refractivity contribution in [1.29, 1.82) is 0 Å². The van der Waals surface area contributed by atoms with Crippen LogP contribution in [0.3, 0.4) is 0 Å². The molecule has 2 heterocycles. The molecule has 1 amide bonds. The Labute approximate surface area is 237 Å².